The first-order chi connectivity index (χ1) is 13.1. The molecule has 1 aromatic carbocycles. The average molecular weight is 368 g/mol. The number of hydrogen-bond acceptors (Lipinski definition) is 4. The van der Waals surface area contributed by atoms with Gasteiger partial charge in [0.25, 0.3) is 0 Å². The first-order valence-electron chi connectivity index (χ1n) is 9.43. The van der Waals surface area contributed by atoms with Gasteiger partial charge in [-0.15, -0.1) is 0 Å². The van der Waals surface area contributed by atoms with E-state index < -0.39 is 0 Å². The van der Waals surface area contributed by atoms with Crippen molar-refractivity contribution in [3.8, 4) is 5.75 Å². The van der Waals surface area contributed by atoms with Crippen LogP contribution in [-0.4, -0.2) is 54.1 Å². The van der Waals surface area contributed by atoms with E-state index in [9.17, 15) is 4.79 Å². The van der Waals surface area contributed by atoms with Crippen LogP contribution in [-0.2, 0) is 13.1 Å². The Morgan fingerprint density at radius 2 is 1.85 bits per heavy atom. The van der Waals surface area contributed by atoms with Crippen LogP contribution in [0.4, 0.5) is 4.79 Å². The fourth-order valence-corrected chi connectivity index (χ4v) is 3.21. The Morgan fingerprint density at radius 3 is 2.56 bits per heavy atom. The Morgan fingerprint density at radius 1 is 1.07 bits per heavy atom. The first kappa shape index (κ1) is 19.2. The molecule has 3 rings (SSSR count). The van der Waals surface area contributed by atoms with Gasteiger partial charge >= 0.3 is 6.03 Å². The molecular formula is C21H28N4O2. The highest BCUT2D eigenvalue weighted by atomic mass is 16.5. The summed E-state index contributed by atoms with van der Waals surface area (Å²) in [6.07, 6.45) is 2.80. The van der Waals surface area contributed by atoms with Gasteiger partial charge in [-0.1, -0.05) is 18.2 Å². The maximum absolute atomic E-state index is 12.5. The van der Waals surface area contributed by atoms with Crippen molar-refractivity contribution in [2.45, 2.75) is 26.4 Å². The lowest BCUT2D eigenvalue weighted by Gasteiger charge is -2.22. The van der Waals surface area contributed by atoms with E-state index in [1.807, 2.05) is 42.3 Å². The van der Waals surface area contributed by atoms with Gasteiger partial charge in [-0.05, 0) is 42.7 Å². The molecule has 144 valence electrons. The summed E-state index contributed by atoms with van der Waals surface area (Å²) in [5.41, 5.74) is 3.26. The molecule has 1 fully saturated rings. The molecule has 2 heterocycles. The number of aryl methyl sites for hydroxylation is 1. The van der Waals surface area contributed by atoms with E-state index in [0.29, 0.717) is 6.54 Å². The van der Waals surface area contributed by atoms with Crippen molar-refractivity contribution < 1.29 is 9.53 Å². The maximum Gasteiger partial charge on any atom is 0.317 e. The Hall–Kier alpha value is -2.60. The summed E-state index contributed by atoms with van der Waals surface area (Å²) < 4.78 is 5.21. The molecule has 2 amide bonds. The summed E-state index contributed by atoms with van der Waals surface area (Å²) in [7, 11) is 1.68. The number of hydrogen-bond donors (Lipinski definition) is 1. The number of carbonyl (C=O) groups excluding carboxylic acids is 1. The largest absolute Gasteiger partial charge is 0.497 e. The van der Waals surface area contributed by atoms with E-state index in [1.165, 1.54) is 5.56 Å². The molecule has 0 radical (unpaired) electrons. The number of amides is 2. The van der Waals surface area contributed by atoms with E-state index in [2.05, 4.69) is 27.3 Å². The Kier molecular flexibility index (Phi) is 6.65. The molecule has 6 heteroatoms. The Balaban J connectivity index is 1.46. The highest BCUT2D eigenvalue weighted by Crippen LogP contribution is 2.14. The van der Waals surface area contributed by atoms with Crippen LogP contribution in [0.15, 0.2) is 42.6 Å². The Bertz CT molecular complexity index is 731. The van der Waals surface area contributed by atoms with Crippen LogP contribution in [0.25, 0.3) is 0 Å². The standard InChI is InChI=1S/C21H28N4O2/c1-17-4-5-19(14-22-17)15-23-21(26)25-11-3-10-24(12-13-25)16-18-6-8-20(27-2)9-7-18/h4-9,14H,3,10-13,15-16H2,1-2H3,(H,23,26). The van der Waals surface area contributed by atoms with Gasteiger partial charge in [0.2, 0.25) is 0 Å². The minimum Gasteiger partial charge on any atom is -0.497 e. The summed E-state index contributed by atoms with van der Waals surface area (Å²) >= 11 is 0. The number of rotatable bonds is 5. The Labute approximate surface area is 161 Å². The number of ether oxygens (including phenoxy) is 1. The number of benzene rings is 1. The van der Waals surface area contributed by atoms with Crippen molar-refractivity contribution >= 4 is 6.03 Å². The van der Waals surface area contributed by atoms with Crippen LogP contribution in [0.5, 0.6) is 5.75 Å². The van der Waals surface area contributed by atoms with Gasteiger partial charge in [0.05, 0.1) is 7.11 Å². The smallest absolute Gasteiger partial charge is 0.317 e. The van der Waals surface area contributed by atoms with Gasteiger partial charge in [0.15, 0.2) is 0 Å². The van der Waals surface area contributed by atoms with E-state index in [-0.39, 0.29) is 6.03 Å². The van der Waals surface area contributed by atoms with Gasteiger partial charge in [-0.3, -0.25) is 9.88 Å². The van der Waals surface area contributed by atoms with Crippen molar-refractivity contribution in [1.29, 1.82) is 0 Å². The van der Waals surface area contributed by atoms with Gasteiger partial charge in [0, 0.05) is 51.2 Å². The van der Waals surface area contributed by atoms with Crippen LogP contribution in [0.2, 0.25) is 0 Å². The molecule has 0 atom stereocenters. The molecule has 0 aliphatic carbocycles. The van der Waals surface area contributed by atoms with Crippen LogP contribution >= 0.6 is 0 Å². The fourth-order valence-electron chi connectivity index (χ4n) is 3.21. The number of nitrogens with one attached hydrogen (secondary N) is 1. The van der Waals surface area contributed by atoms with Crippen LogP contribution in [0, 0.1) is 6.92 Å². The van der Waals surface area contributed by atoms with Crippen molar-refractivity contribution in [2.75, 3.05) is 33.3 Å². The molecule has 1 N–H and O–H groups in total. The summed E-state index contributed by atoms with van der Waals surface area (Å²) in [5, 5.41) is 3.01. The molecule has 1 aliphatic rings. The second-order valence-corrected chi connectivity index (χ2v) is 6.93. The summed E-state index contributed by atoms with van der Waals surface area (Å²) in [4.78, 5) is 21.1. The number of methoxy groups -OCH3 is 1. The van der Waals surface area contributed by atoms with E-state index >= 15 is 0 Å². The quantitative estimate of drug-likeness (QED) is 0.882. The zero-order valence-corrected chi connectivity index (χ0v) is 16.1. The maximum atomic E-state index is 12.5. The molecule has 1 aromatic heterocycles. The van der Waals surface area contributed by atoms with Crippen LogP contribution < -0.4 is 10.1 Å². The van der Waals surface area contributed by atoms with Gasteiger partial charge in [-0.25, -0.2) is 4.79 Å². The first-order valence-corrected chi connectivity index (χ1v) is 9.43. The minimum atomic E-state index is 0.00173. The van der Waals surface area contributed by atoms with Crippen molar-refractivity contribution in [3.05, 3.63) is 59.4 Å². The van der Waals surface area contributed by atoms with Crippen LogP contribution in [0.1, 0.15) is 23.2 Å². The molecule has 1 saturated heterocycles. The third-order valence-electron chi connectivity index (χ3n) is 4.86. The minimum absolute atomic E-state index is 0.00173. The van der Waals surface area contributed by atoms with Crippen LogP contribution in [0.3, 0.4) is 0 Å². The lowest BCUT2D eigenvalue weighted by atomic mass is 10.2. The zero-order chi connectivity index (χ0) is 19.1. The molecule has 0 spiro atoms. The predicted molar refractivity (Wildman–Crippen MR) is 106 cm³/mol. The molecule has 1 aliphatic heterocycles. The summed E-state index contributed by atoms with van der Waals surface area (Å²) in [6.45, 7) is 6.78. The third kappa shape index (κ3) is 5.69. The molecule has 0 bridgehead atoms. The zero-order valence-electron chi connectivity index (χ0n) is 16.1. The highest BCUT2D eigenvalue weighted by Gasteiger charge is 2.19. The molecule has 0 saturated carbocycles. The molecular weight excluding hydrogens is 340 g/mol. The predicted octanol–water partition coefficient (Wildman–Crippen LogP) is 2.82. The molecule has 6 nitrogen and oxygen atoms in total. The number of carbonyl (C=O) groups is 1. The molecule has 2 aromatic rings. The number of pyridine rings is 1. The fraction of sp³-hybridized carbons (Fsp3) is 0.429. The van der Waals surface area contributed by atoms with E-state index in [4.69, 9.17) is 4.74 Å². The number of aromatic nitrogens is 1. The van der Waals surface area contributed by atoms with Crippen molar-refractivity contribution in [1.82, 2.24) is 20.1 Å². The van der Waals surface area contributed by atoms with Crippen molar-refractivity contribution in [3.63, 3.8) is 0 Å². The molecule has 27 heavy (non-hydrogen) atoms. The van der Waals surface area contributed by atoms with Gasteiger partial charge in [0.1, 0.15) is 5.75 Å². The van der Waals surface area contributed by atoms with E-state index in [1.54, 1.807) is 7.11 Å². The SMILES string of the molecule is COc1ccc(CN2CCCN(C(=O)NCc3ccc(C)nc3)CC2)cc1. The second-order valence-electron chi connectivity index (χ2n) is 6.93. The monoisotopic (exact) mass is 368 g/mol. The highest BCUT2D eigenvalue weighted by molar-refractivity contribution is 5.74. The topological polar surface area (TPSA) is 57.7 Å². The molecule has 0 unspecified atom stereocenters. The van der Waals surface area contributed by atoms with Gasteiger partial charge < -0.3 is 15.0 Å². The second kappa shape index (κ2) is 9.37. The average Bonchev–Trinajstić information content (AvgIpc) is 2.93. The normalized spacial score (nSPS) is 15.3. The lowest BCUT2D eigenvalue weighted by molar-refractivity contribution is 0.197. The summed E-state index contributed by atoms with van der Waals surface area (Å²) in [6, 6.07) is 12.2. The van der Waals surface area contributed by atoms with Gasteiger partial charge in [-0.2, -0.15) is 0 Å². The summed E-state index contributed by atoms with van der Waals surface area (Å²) in [5.74, 6) is 0.876. The van der Waals surface area contributed by atoms with Crippen molar-refractivity contribution in [2.24, 2.45) is 0 Å². The number of nitrogens with zero attached hydrogens (tertiary/aromatic N) is 3. The third-order valence-corrected chi connectivity index (χ3v) is 4.86. The van der Waals surface area contributed by atoms with E-state index in [0.717, 1.165) is 56.2 Å². The lowest BCUT2D eigenvalue weighted by Crippen LogP contribution is -2.41. The number of urea groups is 1.